The van der Waals surface area contributed by atoms with E-state index in [4.69, 9.17) is 5.11 Å². The van der Waals surface area contributed by atoms with Gasteiger partial charge in [0.25, 0.3) is 0 Å². The number of carbonyl (C=O) groups is 1. The van der Waals surface area contributed by atoms with Crippen molar-refractivity contribution < 1.29 is 15.0 Å². The zero-order valence-corrected chi connectivity index (χ0v) is 12.6. The number of nitrogens with zero attached hydrogens (tertiary/aromatic N) is 1. The van der Waals surface area contributed by atoms with E-state index in [0.29, 0.717) is 6.54 Å². The van der Waals surface area contributed by atoms with Crippen molar-refractivity contribution in [3.05, 3.63) is 42.0 Å². The quantitative estimate of drug-likeness (QED) is 0.906. The topological polar surface area (TPSA) is 60.8 Å². The van der Waals surface area contributed by atoms with Crippen LogP contribution in [0.1, 0.15) is 26.3 Å². The minimum absolute atomic E-state index is 0.0633. The van der Waals surface area contributed by atoms with Crippen molar-refractivity contribution in [3.63, 3.8) is 0 Å². The van der Waals surface area contributed by atoms with Crippen molar-refractivity contribution in [2.45, 2.75) is 32.9 Å². The van der Waals surface area contributed by atoms with E-state index in [9.17, 15) is 9.90 Å². The summed E-state index contributed by atoms with van der Waals surface area (Å²) in [5.74, 6) is -0.669. The summed E-state index contributed by atoms with van der Waals surface area (Å²) in [7, 11) is 0. The molecule has 0 radical (unpaired) electrons. The highest BCUT2D eigenvalue weighted by Crippen LogP contribution is 2.30. The molecule has 0 aliphatic carbocycles. The summed E-state index contributed by atoms with van der Waals surface area (Å²) in [4.78, 5) is 12.9. The van der Waals surface area contributed by atoms with E-state index in [0.717, 1.165) is 16.3 Å². The lowest BCUT2D eigenvalue weighted by Crippen LogP contribution is -2.43. The van der Waals surface area contributed by atoms with E-state index in [1.54, 1.807) is 6.07 Å². The van der Waals surface area contributed by atoms with Gasteiger partial charge in [-0.15, -0.1) is 0 Å². The maximum Gasteiger partial charge on any atom is 0.317 e. The van der Waals surface area contributed by atoms with Crippen LogP contribution in [0.5, 0.6) is 5.75 Å². The summed E-state index contributed by atoms with van der Waals surface area (Å²) in [5, 5.41) is 21.3. The number of aliphatic carboxylic acids is 1. The number of rotatable bonds is 4. The van der Waals surface area contributed by atoms with Gasteiger partial charge in [-0.05, 0) is 37.6 Å². The van der Waals surface area contributed by atoms with Crippen LogP contribution >= 0.6 is 0 Å². The highest BCUT2D eigenvalue weighted by atomic mass is 16.4. The molecular formula is C17H21NO3. The average molecular weight is 287 g/mol. The van der Waals surface area contributed by atoms with Gasteiger partial charge in [-0.3, -0.25) is 9.69 Å². The van der Waals surface area contributed by atoms with Gasteiger partial charge in [0.2, 0.25) is 0 Å². The Morgan fingerprint density at radius 1 is 1.14 bits per heavy atom. The average Bonchev–Trinajstić information content (AvgIpc) is 2.39. The second kappa shape index (κ2) is 5.74. The molecule has 4 nitrogen and oxygen atoms in total. The second-order valence-electron chi connectivity index (χ2n) is 6.20. The number of carboxylic acid groups (broad SMARTS) is 1. The van der Waals surface area contributed by atoms with Crippen LogP contribution in [0.2, 0.25) is 0 Å². The third-order valence-corrected chi connectivity index (χ3v) is 3.64. The van der Waals surface area contributed by atoms with Crippen molar-refractivity contribution in [3.8, 4) is 5.75 Å². The van der Waals surface area contributed by atoms with Gasteiger partial charge in [0, 0.05) is 17.6 Å². The van der Waals surface area contributed by atoms with Crippen molar-refractivity contribution in [1.82, 2.24) is 4.90 Å². The highest BCUT2D eigenvalue weighted by molar-refractivity contribution is 5.87. The molecule has 21 heavy (non-hydrogen) atoms. The Balaban J connectivity index is 2.45. The monoisotopic (exact) mass is 287 g/mol. The fraction of sp³-hybridized carbons (Fsp3) is 0.353. The molecule has 112 valence electrons. The molecule has 0 saturated heterocycles. The van der Waals surface area contributed by atoms with Crippen molar-refractivity contribution in [2.24, 2.45) is 0 Å². The standard InChI is InChI=1S/C17H21NO3/c1-17(2,3)18(11-16(20)21)10-14-13-7-5-4-6-12(13)8-9-15(14)19/h4-9,19H,10-11H2,1-3H3,(H,20,21). The number of hydrogen-bond acceptors (Lipinski definition) is 3. The van der Waals surface area contributed by atoms with Crippen LogP contribution in [0, 0.1) is 0 Å². The Kier molecular flexibility index (Phi) is 4.19. The number of hydrogen-bond donors (Lipinski definition) is 2. The first-order valence-corrected chi connectivity index (χ1v) is 6.95. The first kappa shape index (κ1) is 15.3. The van der Waals surface area contributed by atoms with E-state index < -0.39 is 5.97 Å². The Bertz CT molecular complexity index is 659. The Morgan fingerprint density at radius 3 is 2.43 bits per heavy atom. The number of fused-ring (bicyclic) bond motifs is 1. The first-order valence-electron chi connectivity index (χ1n) is 6.95. The molecule has 0 saturated carbocycles. The van der Waals surface area contributed by atoms with E-state index in [1.807, 2.05) is 56.0 Å². The maximum atomic E-state index is 11.1. The largest absolute Gasteiger partial charge is 0.508 e. The molecule has 0 amide bonds. The lowest BCUT2D eigenvalue weighted by atomic mass is 10.00. The summed E-state index contributed by atoms with van der Waals surface area (Å²) in [6, 6.07) is 11.3. The van der Waals surface area contributed by atoms with Gasteiger partial charge in [-0.2, -0.15) is 0 Å². The third-order valence-electron chi connectivity index (χ3n) is 3.64. The SMILES string of the molecule is CC(C)(C)N(CC(=O)O)Cc1c(O)ccc2ccccc12. The van der Waals surface area contributed by atoms with Gasteiger partial charge in [0.1, 0.15) is 5.75 Å². The molecule has 0 spiro atoms. The molecular weight excluding hydrogens is 266 g/mol. The minimum Gasteiger partial charge on any atom is -0.508 e. The van der Waals surface area contributed by atoms with E-state index in [1.165, 1.54) is 0 Å². The predicted molar refractivity (Wildman–Crippen MR) is 83.4 cm³/mol. The first-order chi connectivity index (χ1) is 9.79. The van der Waals surface area contributed by atoms with E-state index >= 15 is 0 Å². The number of carboxylic acids is 1. The third kappa shape index (κ3) is 3.52. The van der Waals surface area contributed by atoms with Gasteiger partial charge in [0.05, 0.1) is 6.54 Å². The van der Waals surface area contributed by atoms with Crippen LogP contribution in [0.3, 0.4) is 0 Å². The molecule has 0 unspecified atom stereocenters. The van der Waals surface area contributed by atoms with Gasteiger partial charge in [-0.25, -0.2) is 0 Å². The van der Waals surface area contributed by atoms with Crippen LogP contribution in [0.4, 0.5) is 0 Å². The van der Waals surface area contributed by atoms with Crippen molar-refractivity contribution in [2.75, 3.05) is 6.54 Å². The normalized spacial score (nSPS) is 12.0. The molecule has 0 aliphatic heterocycles. The second-order valence-corrected chi connectivity index (χ2v) is 6.20. The van der Waals surface area contributed by atoms with Gasteiger partial charge >= 0.3 is 5.97 Å². The molecule has 0 fully saturated rings. The summed E-state index contributed by atoms with van der Waals surface area (Å²) >= 11 is 0. The smallest absolute Gasteiger partial charge is 0.317 e. The highest BCUT2D eigenvalue weighted by Gasteiger charge is 2.25. The summed E-state index contributed by atoms with van der Waals surface area (Å²) < 4.78 is 0. The predicted octanol–water partition coefficient (Wildman–Crippen LogP) is 3.23. The molecule has 0 atom stereocenters. The fourth-order valence-corrected chi connectivity index (χ4v) is 2.37. The fourth-order valence-electron chi connectivity index (χ4n) is 2.37. The summed E-state index contributed by atoms with van der Waals surface area (Å²) in [5.41, 5.74) is 0.464. The van der Waals surface area contributed by atoms with Crippen LogP contribution in [0.25, 0.3) is 10.8 Å². The Morgan fingerprint density at radius 2 is 1.81 bits per heavy atom. The molecule has 0 bridgehead atoms. The van der Waals surface area contributed by atoms with Crippen LogP contribution in [-0.4, -0.2) is 33.2 Å². The molecule has 2 rings (SSSR count). The zero-order valence-electron chi connectivity index (χ0n) is 12.6. The number of benzene rings is 2. The number of phenolic OH excluding ortho intramolecular Hbond substituents is 1. The van der Waals surface area contributed by atoms with Gasteiger partial charge in [0.15, 0.2) is 0 Å². The lowest BCUT2D eigenvalue weighted by Gasteiger charge is -2.34. The summed E-state index contributed by atoms with van der Waals surface area (Å²) in [6.45, 7) is 6.24. The Hall–Kier alpha value is -2.07. The molecule has 2 aromatic carbocycles. The summed E-state index contributed by atoms with van der Waals surface area (Å²) in [6.07, 6.45) is 0. The van der Waals surface area contributed by atoms with Crippen molar-refractivity contribution >= 4 is 16.7 Å². The van der Waals surface area contributed by atoms with Gasteiger partial charge < -0.3 is 10.2 Å². The zero-order chi connectivity index (χ0) is 15.6. The molecule has 0 heterocycles. The number of phenols is 1. The van der Waals surface area contributed by atoms with Crippen LogP contribution in [0.15, 0.2) is 36.4 Å². The van der Waals surface area contributed by atoms with E-state index in [-0.39, 0.29) is 17.8 Å². The van der Waals surface area contributed by atoms with Crippen molar-refractivity contribution in [1.29, 1.82) is 0 Å². The minimum atomic E-state index is -0.871. The molecule has 2 aromatic rings. The van der Waals surface area contributed by atoms with Gasteiger partial charge in [-0.1, -0.05) is 30.3 Å². The number of aromatic hydroxyl groups is 1. The molecule has 0 aromatic heterocycles. The molecule has 2 N–H and O–H groups in total. The molecule has 4 heteroatoms. The lowest BCUT2D eigenvalue weighted by molar-refractivity contribution is -0.139. The Labute approximate surface area is 124 Å². The van der Waals surface area contributed by atoms with Crippen LogP contribution < -0.4 is 0 Å². The van der Waals surface area contributed by atoms with Crippen LogP contribution in [-0.2, 0) is 11.3 Å². The maximum absolute atomic E-state index is 11.1. The molecule has 0 aliphatic rings. The van der Waals surface area contributed by atoms with E-state index in [2.05, 4.69) is 0 Å².